The van der Waals surface area contributed by atoms with Crippen molar-refractivity contribution in [1.82, 2.24) is 5.32 Å². The van der Waals surface area contributed by atoms with E-state index in [2.05, 4.69) is 48.3 Å². The van der Waals surface area contributed by atoms with Crippen LogP contribution in [0.1, 0.15) is 38.2 Å². The lowest BCUT2D eigenvalue weighted by Crippen LogP contribution is -2.41. The summed E-state index contributed by atoms with van der Waals surface area (Å²) in [5.74, 6) is 0.285. The summed E-state index contributed by atoms with van der Waals surface area (Å²) in [5, 5.41) is 3.09. The molecule has 1 aliphatic carbocycles. The molecule has 3 N–H and O–H groups in total. The third kappa shape index (κ3) is 4.47. The number of nitrogens with two attached hydrogens (primary N) is 1. The van der Waals surface area contributed by atoms with Gasteiger partial charge in [0.1, 0.15) is 0 Å². The largest absolute Gasteiger partial charge is 0.370 e. The molecule has 0 aromatic heterocycles. The van der Waals surface area contributed by atoms with Crippen molar-refractivity contribution >= 4 is 11.6 Å². The summed E-state index contributed by atoms with van der Waals surface area (Å²) in [7, 11) is 0. The van der Waals surface area contributed by atoms with Crippen molar-refractivity contribution in [3.8, 4) is 0 Å². The average Bonchev–Trinajstić information content (AvgIpc) is 2.52. The molecule has 0 saturated heterocycles. The number of aryl methyl sites for hydroxylation is 1. The van der Waals surface area contributed by atoms with Crippen molar-refractivity contribution in [3.05, 3.63) is 29.8 Å². The first kappa shape index (κ1) is 16.8. The maximum atomic E-state index is 12.2. The molecule has 1 fully saturated rings. The van der Waals surface area contributed by atoms with Gasteiger partial charge in [-0.25, -0.2) is 0 Å². The molecule has 0 bridgehead atoms. The monoisotopic (exact) mass is 303 g/mol. The van der Waals surface area contributed by atoms with E-state index in [4.69, 9.17) is 5.73 Å². The average molecular weight is 303 g/mol. The van der Waals surface area contributed by atoms with Crippen LogP contribution in [0.25, 0.3) is 0 Å². The predicted molar refractivity (Wildman–Crippen MR) is 92.0 cm³/mol. The number of nitrogens with zero attached hydrogens (tertiary/aromatic N) is 1. The molecule has 1 aromatic rings. The number of carbonyl (C=O) groups is 1. The molecule has 122 valence electrons. The molecule has 0 aliphatic heterocycles. The third-order valence-electron chi connectivity index (χ3n) is 4.60. The quantitative estimate of drug-likeness (QED) is 0.848. The van der Waals surface area contributed by atoms with E-state index < -0.39 is 0 Å². The Bertz CT molecular complexity index is 489. The number of hydrogen-bond acceptors (Lipinski definition) is 3. The molecule has 1 saturated carbocycles. The third-order valence-corrected chi connectivity index (χ3v) is 4.60. The molecule has 0 heterocycles. The summed E-state index contributed by atoms with van der Waals surface area (Å²) in [4.78, 5) is 14.5. The first-order valence-corrected chi connectivity index (χ1v) is 8.45. The van der Waals surface area contributed by atoms with Crippen molar-refractivity contribution in [3.63, 3.8) is 0 Å². The number of rotatable bonds is 6. The van der Waals surface area contributed by atoms with Crippen LogP contribution in [0.2, 0.25) is 0 Å². The number of amides is 1. The van der Waals surface area contributed by atoms with Crippen molar-refractivity contribution in [2.24, 2.45) is 11.7 Å². The molecule has 2 unspecified atom stereocenters. The first-order valence-electron chi connectivity index (χ1n) is 8.45. The Hall–Kier alpha value is -1.55. The lowest BCUT2D eigenvalue weighted by Gasteiger charge is -2.27. The number of para-hydroxylation sites is 1. The minimum absolute atomic E-state index is 0.109. The van der Waals surface area contributed by atoms with E-state index in [0.717, 1.165) is 38.8 Å². The molecule has 4 heteroatoms. The number of hydrogen-bond donors (Lipinski definition) is 2. The highest BCUT2D eigenvalue weighted by Crippen LogP contribution is 2.23. The van der Waals surface area contributed by atoms with E-state index in [0.29, 0.717) is 6.54 Å². The Morgan fingerprint density at radius 3 is 2.82 bits per heavy atom. The predicted octanol–water partition coefficient (Wildman–Crippen LogP) is 2.46. The van der Waals surface area contributed by atoms with Gasteiger partial charge in [0.2, 0.25) is 5.91 Å². The SMILES string of the molecule is CCN(CCNC(=O)C1CCCC(N)C1)c1ccccc1C. The lowest BCUT2D eigenvalue weighted by atomic mass is 9.85. The summed E-state index contributed by atoms with van der Waals surface area (Å²) in [6.07, 6.45) is 3.94. The zero-order chi connectivity index (χ0) is 15.9. The Labute approximate surface area is 134 Å². The smallest absolute Gasteiger partial charge is 0.223 e. The highest BCUT2D eigenvalue weighted by atomic mass is 16.1. The zero-order valence-electron chi connectivity index (χ0n) is 13.8. The fraction of sp³-hybridized carbons (Fsp3) is 0.611. The molecule has 1 amide bonds. The van der Waals surface area contributed by atoms with E-state index in [-0.39, 0.29) is 17.9 Å². The van der Waals surface area contributed by atoms with Gasteiger partial charge in [0, 0.05) is 37.3 Å². The molecular formula is C18H29N3O. The fourth-order valence-electron chi connectivity index (χ4n) is 3.29. The van der Waals surface area contributed by atoms with Gasteiger partial charge >= 0.3 is 0 Å². The Kier molecular flexibility index (Phi) is 6.25. The van der Waals surface area contributed by atoms with E-state index in [1.54, 1.807) is 0 Å². The van der Waals surface area contributed by atoms with Crippen LogP contribution < -0.4 is 16.0 Å². The molecule has 0 spiro atoms. The summed E-state index contributed by atoms with van der Waals surface area (Å²) >= 11 is 0. The highest BCUT2D eigenvalue weighted by molar-refractivity contribution is 5.78. The summed E-state index contributed by atoms with van der Waals surface area (Å²) in [5.41, 5.74) is 8.49. The maximum Gasteiger partial charge on any atom is 0.223 e. The molecule has 2 rings (SSSR count). The second-order valence-corrected chi connectivity index (χ2v) is 6.28. The summed E-state index contributed by atoms with van der Waals surface area (Å²) in [6.45, 7) is 6.74. The zero-order valence-corrected chi connectivity index (χ0v) is 13.8. The minimum atomic E-state index is 0.109. The molecule has 22 heavy (non-hydrogen) atoms. The number of carbonyl (C=O) groups excluding carboxylic acids is 1. The normalized spacial score (nSPS) is 21.4. The van der Waals surface area contributed by atoms with Crippen molar-refractivity contribution in [2.75, 3.05) is 24.5 Å². The Morgan fingerprint density at radius 1 is 1.36 bits per heavy atom. The van der Waals surface area contributed by atoms with Gasteiger partial charge < -0.3 is 16.0 Å². The fourth-order valence-corrected chi connectivity index (χ4v) is 3.29. The Balaban J connectivity index is 1.81. The number of nitrogens with one attached hydrogen (secondary N) is 1. The number of likely N-dealkylation sites (N-methyl/N-ethyl adjacent to an activating group) is 1. The van der Waals surface area contributed by atoms with Crippen LogP contribution in [-0.4, -0.2) is 31.6 Å². The van der Waals surface area contributed by atoms with Crippen molar-refractivity contribution in [2.45, 2.75) is 45.6 Å². The van der Waals surface area contributed by atoms with E-state index in [1.807, 2.05) is 0 Å². The van der Waals surface area contributed by atoms with Crippen molar-refractivity contribution < 1.29 is 4.79 Å². The van der Waals surface area contributed by atoms with Crippen LogP contribution in [-0.2, 0) is 4.79 Å². The van der Waals surface area contributed by atoms with E-state index >= 15 is 0 Å². The number of benzene rings is 1. The second kappa shape index (κ2) is 8.18. The molecular weight excluding hydrogens is 274 g/mol. The van der Waals surface area contributed by atoms with Crippen LogP contribution in [0.15, 0.2) is 24.3 Å². The standard InChI is InChI=1S/C18H29N3O/c1-3-21(17-10-5-4-7-14(17)2)12-11-20-18(22)15-8-6-9-16(19)13-15/h4-5,7,10,15-16H,3,6,8-9,11-13,19H2,1-2H3,(H,20,22). The van der Waals surface area contributed by atoms with E-state index in [1.165, 1.54) is 11.3 Å². The van der Waals surface area contributed by atoms with Gasteiger partial charge in [0.05, 0.1) is 0 Å². The van der Waals surface area contributed by atoms with Crippen LogP contribution in [0.5, 0.6) is 0 Å². The summed E-state index contributed by atoms with van der Waals surface area (Å²) < 4.78 is 0. The number of anilines is 1. The van der Waals surface area contributed by atoms with Gasteiger partial charge in [-0.3, -0.25) is 4.79 Å². The van der Waals surface area contributed by atoms with Crippen molar-refractivity contribution in [1.29, 1.82) is 0 Å². The van der Waals surface area contributed by atoms with Crippen LogP contribution in [0.4, 0.5) is 5.69 Å². The van der Waals surface area contributed by atoms with Gasteiger partial charge in [0.25, 0.3) is 0 Å². The first-order chi connectivity index (χ1) is 10.6. The van der Waals surface area contributed by atoms with E-state index in [9.17, 15) is 4.79 Å². The van der Waals surface area contributed by atoms with Crippen LogP contribution >= 0.6 is 0 Å². The summed E-state index contributed by atoms with van der Waals surface area (Å²) in [6, 6.07) is 8.58. The van der Waals surface area contributed by atoms with Gasteiger partial charge in [-0.1, -0.05) is 24.6 Å². The maximum absolute atomic E-state index is 12.2. The second-order valence-electron chi connectivity index (χ2n) is 6.28. The van der Waals surface area contributed by atoms with Gasteiger partial charge in [-0.05, 0) is 44.7 Å². The van der Waals surface area contributed by atoms with Crippen LogP contribution in [0, 0.1) is 12.8 Å². The van der Waals surface area contributed by atoms with Gasteiger partial charge in [-0.15, -0.1) is 0 Å². The van der Waals surface area contributed by atoms with Gasteiger partial charge in [0.15, 0.2) is 0 Å². The molecule has 1 aromatic carbocycles. The lowest BCUT2D eigenvalue weighted by molar-refractivity contribution is -0.126. The molecule has 4 nitrogen and oxygen atoms in total. The van der Waals surface area contributed by atoms with Gasteiger partial charge in [-0.2, -0.15) is 0 Å². The topological polar surface area (TPSA) is 58.4 Å². The van der Waals surface area contributed by atoms with Crippen LogP contribution in [0.3, 0.4) is 0 Å². The Morgan fingerprint density at radius 2 is 2.14 bits per heavy atom. The molecule has 2 atom stereocenters. The molecule has 0 radical (unpaired) electrons. The molecule has 1 aliphatic rings. The highest BCUT2D eigenvalue weighted by Gasteiger charge is 2.24. The minimum Gasteiger partial charge on any atom is -0.370 e.